The van der Waals surface area contributed by atoms with Crippen molar-refractivity contribution in [2.24, 2.45) is 0 Å². The number of carbonyl (C=O) groups excluding carboxylic acids is 1. The summed E-state index contributed by atoms with van der Waals surface area (Å²) in [5, 5.41) is 3.34. The molecule has 3 aromatic rings. The second kappa shape index (κ2) is 6.99. The fourth-order valence-corrected chi connectivity index (χ4v) is 3.58. The number of amides is 1. The highest BCUT2D eigenvalue weighted by Gasteiger charge is 2.22. The monoisotopic (exact) mass is 394 g/mol. The Bertz CT molecular complexity index is 1200. The van der Waals surface area contributed by atoms with Gasteiger partial charge in [0.1, 0.15) is 15.9 Å². The molecule has 132 valence electrons. The summed E-state index contributed by atoms with van der Waals surface area (Å²) >= 11 is 6.17. The van der Waals surface area contributed by atoms with Crippen LogP contribution in [0.1, 0.15) is 22.5 Å². The number of halogens is 1. The van der Waals surface area contributed by atoms with E-state index in [0.717, 1.165) is 5.39 Å². The molecule has 27 heavy (non-hydrogen) atoms. The molecule has 7 heteroatoms. The van der Waals surface area contributed by atoms with Crippen LogP contribution in [-0.2, 0) is 4.79 Å². The van der Waals surface area contributed by atoms with Crippen LogP contribution in [-0.4, -0.2) is 15.2 Å². The van der Waals surface area contributed by atoms with Gasteiger partial charge in [0, 0.05) is 29.4 Å². The molecule has 1 saturated heterocycles. The van der Waals surface area contributed by atoms with E-state index >= 15 is 0 Å². The first-order chi connectivity index (χ1) is 13.0. The Morgan fingerprint density at radius 3 is 2.89 bits per heavy atom. The highest BCUT2D eigenvalue weighted by Crippen LogP contribution is 2.29. The van der Waals surface area contributed by atoms with E-state index in [1.165, 1.54) is 17.8 Å². The predicted octanol–water partition coefficient (Wildman–Crippen LogP) is 4.16. The van der Waals surface area contributed by atoms with Crippen molar-refractivity contribution in [1.82, 2.24) is 10.3 Å². The number of aromatic nitrogens is 1. The van der Waals surface area contributed by atoms with E-state index in [0.29, 0.717) is 37.3 Å². The summed E-state index contributed by atoms with van der Waals surface area (Å²) in [7, 11) is 0. The number of rotatable bonds is 1. The average Bonchev–Trinajstić information content (AvgIpc) is 3.18. The molecule has 0 aliphatic carbocycles. The predicted molar refractivity (Wildman–Crippen MR) is 107 cm³/mol. The molecule has 3 heterocycles. The van der Waals surface area contributed by atoms with E-state index in [4.69, 9.17) is 16.6 Å². The van der Waals surface area contributed by atoms with Gasteiger partial charge in [-0.1, -0.05) is 35.8 Å². The molecule has 0 radical (unpaired) electrons. The summed E-state index contributed by atoms with van der Waals surface area (Å²) in [6.45, 7) is 1.69. The average molecular weight is 394 g/mol. The Hall–Kier alpha value is -2.95. The number of hydrogen-bond donors (Lipinski definition) is 1. The lowest BCUT2D eigenvalue weighted by Gasteiger charge is -1.96. The molecule has 0 saturated carbocycles. The summed E-state index contributed by atoms with van der Waals surface area (Å²) in [4.78, 5) is 16.4. The number of pyridine rings is 1. The van der Waals surface area contributed by atoms with Crippen molar-refractivity contribution in [1.29, 1.82) is 0 Å². The third-order valence-corrected chi connectivity index (χ3v) is 5.02. The number of thiocarbonyl (C=S) groups is 1. The van der Waals surface area contributed by atoms with Crippen LogP contribution in [0.5, 0.6) is 0 Å². The standard InChI is InChI=1S/C20H11FN2O2S2/c1-11-6-12(3-5-16(11)21)2-4-13-9-22-10-14-7-15(25-18(13)14)8-17-19(24)23-20(26)27-17/h3,5-10H,1H3,(H,23,24,26)/b17-8+. The van der Waals surface area contributed by atoms with Crippen LogP contribution in [0.15, 0.2) is 46.0 Å². The van der Waals surface area contributed by atoms with Gasteiger partial charge in [-0.05, 0) is 36.8 Å². The van der Waals surface area contributed by atoms with Crippen molar-refractivity contribution in [3.05, 3.63) is 69.8 Å². The minimum Gasteiger partial charge on any atom is -0.455 e. The van der Waals surface area contributed by atoms with Crippen LogP contribution in [0.3, 0.4) is 0 Å². The molecule has 0 spiro atoms. The molecular formula is C20H11FN2O2S2. The largest absolute Gasteiger partial charge is 0.455 e. The molecule has 1 aliphatic heterocycles. The van der Waals surface area contributed by atoms with Gasteiger partial charge >= 0.3 is 0 Å². The molecule has 0 bridgehead atoms. The van der Waals surface area contributed by atoms with Crippen LogP contribution in [0.4, 0.5) is 4.39 Å². The zero-order valence-corrected chi connectivity index (χ0v) is 15.6. The van der Waals surface area contributed by atoms with Gasteiger partial charge in [0.25, 0.3) is 5.91 Å². The van der Waals surface area contributed by atoms with Crippen LogP contribution < -0.4 is 5.32 Å². The van der Waals surface area contributed by atoms with Gasteiger partial charge in [0.05, 0.1) is 10.5 Å². The van der Waals surface area contributed by atoms with Gasteiger partial charge in [-0.15, -0.1) is 0 Å². The highest BCUT2D eigenvalue weighted by molar-refractivity contribution is 8.26. The topological polar surface area (TPSA) is 55.1 Å². The Morgan fingerprint density at radius 2 is 2.15 bits per heavy atom. The SMILES string of the molecule is Cc1cc(C#Cc2cncc3cc(/C=C4/SC(=S)NC4=O)oc23)ccc1F. The normalized spacial score (nSPS) is 15.1. The minimum atomic E-state index is -0.263. The highest BCUT2D eigenvalue weighted by atomic mass is 32.2. The number of aryl methyl sites for hydroxylation is 1. The smallest absolute Gasteiger partial charge is 0.263 e. The maximum absolute atomic E-state index is 13.4. The third kappa shape index (κ3) is 3.63. The van der Waals surface area contributed by atoms with Gasteiger partial charge < -0.3 is 9.73 Å². The number of fused-ring (bicyclic) bond motifs is 1. The van der Waals surface area contributed by atoms with Gasteiger partial charge in [-0.25, -0.2) is 4.39 Å². The number of nitrogens with zero attached hydrogens (tertiary/aromatic N) is 1. The summed E-state index contributed by atoms with van der Waals surface area (Å²) < 4.78 is 19.7. The number of carbonyl (C=O) groups is 1. The fourth-order valence-electron chi connectivity index (χ4n) is 2.55. The lowest BCUT2D eigenvalue weighted by molar-refractivity contribution is -0.115. The molecule has 1 aromatic carbocycles. The molecule has 2 aromatic heterocycles. The molecule has 4 nitrogen and oxygen atoms in total. The molecular weight excluding hydrogens is 383 g/mol. The lowest BCUT2D eigenvalue weighted by atomic mass is 10.1. The van der Waals surface area contributed by atoms with Crippen molar-refractivity contribution < 1.29 is 13.6 Å². The molecule has 4 rings (SSSR count). The summed E-state index contributed by atoms with van der Waals surface area (Å²) in [6, 6.07) is 6.49. The van der Waals surface area contributed by atoms with E-state index < -0.39 is 0 Å². The first-order valence-corrected chi connectivity index (χ1v) is 9.12. The molecule has 1 amide bonds. The van der Waals surface area contributed by atoms with E-state index in [1.54, 1.807) is 43.6 Å². The van der Waals surface area contributed by atoms with Crippen LogP contribution in [0, 0.1) is 24.6 Å². The molecule has 0 unspecified atom stereocenters. The zero-order valence-electron chi connectivity index (χ0n) is 14.0. The summed E-state index contributed by atoms with van der Waals surface area (Å²) in [5.41, 5.74) is 2.43. The second-order valence-corrected chi connectivity index (χ2v) is 7.54. The zero-order chi connectivity index (χ0) is 19.0. The number of hydrogen-bond acceptors (Lipinski definition) is 5. The van der Waals surface area contributed by atoms with Crippen molar-refractivity contribution in [2.45, 2.75) is 6.92 Å². The quantitative estimate of drug-likeness (QED) is 0.382. The van der Waals surface area contributed by atoms with Gasteiger partial charge in [0.15, 0.2) is 5.58 Å². The van der Waals surface area contributed by atoms with Gasteiger partial charge in [-0.2, -0.15) is 0 Å². The van der Waals surface area contributed by atoms with E-state index in [2.05, 4.69) is 22.1 Å². The number of nitrogens with one attached hydrogen (secondary N) is 1. The van der Waals surface area contributed by atoms with Crippen LogP contribution in [0.25, 0.3) is 17.0 Å². The Kier molecular flexibility index (Phi) is 4.52. The minimum absolute atomic E-state index is 0.240. The van der Waals surface area contributed by atoms with Crippen LogP contribution >= 0.6 is 24.0 Å². The van der Waals surface area contributed by atoms with Gasteiger partial charge in [-0.3, -0.25) is 9.78 Å². The van der Waals surface area contributed by atoms with Crippen molar-refractivity contribution >= 4 is 51.3 Å². The number of furan rings is 1. The third-order valence-electron chi connectivity index (χ3n) is 3.86. The lowest BCUT2D eigenvalue weighted by Crippen LogP contribution is -2.17. The summed E-state index contributed by atoms with van der Waals surface area (Å²) in [5.74, 6) is 6.03. The molecule has 0 atom stereocenters. The summed E-state index contributed by atoms with van der Waals surface area (Å²) in [6.07, 6.45) is 4.92. The van der Waals surface area contributed by atoms with Crippen molar-refractivity contribution in [2.75, 3.05) is 0 Å². The molecule has 1 aliphatic rings. The Balaban J connectivity index is 1.71. The molecule has 1 N–H and O–H groups in total. The fraction of sp³-hybridized carbons (Fsp3) is 0.0500. The van der Waals surface area contributed by atoms with Gasteiger partial charge in [0.2, 0.25) is 0 Å². The Morgan fingerprint density at radius 1 is 1.30 bits per heavy atom. The van der Waals surface area contributed by atoms with Crippen LogP contribution in [0.2, 0.25) is 0 Å². The van der Waals surface area contributed by atoms with E-state index in [-0.39, 0.29) is 11.7 Å². The maximum Gasteiger partial charge on any atom is 0.263 e. The molecule has 1 fully saturated rings. The van der Waals surface area contributed by atoms with Crippen molar-refractivity contribution in [3.63, 3.8) is 0 Å². The van der Waals surface area contributed by atoms with E-state index in [9.17, 15) is 9.18 Å². The van der Waals surface area contributed by atoms with Crippen molar-refractivity contribution in [3.8, 4) is 11.8 Å². The van der Waals surface area contributed by atoms with E-state index in [1.807, 2.05) is 0 Å². The Labute approximate surface area is 163 Å². The number of benzene rings is 1. The maximum atomic E-state index is 13.4. The first kappa shape index (κ1) is 17.5. The first-order valence-electron chi connectivity index (χ1n) is 7.90. The number of thioether (sulfide) groups is 1. The second-order valence-electron chi connectivity index (χ2n) is 5.82.